The van der Waals surface area contributed by atoms with Crippen molar-refractivity contribution in [2.45, 2.75) is 50.3 Å². The summed E-state index contributed by atoms with van der Waals surface area (Å²) in [6.07, 6.45) is 5.97. The number of nitrogens with two attached hydrogens (primary N) is 1. The monoisotopic (exact) mass is 412 g/mol. The molecule has 0 aromatic heterocycles. The molecule has 4 amide bonds. The molecule has 0 saturated heterocycles. The van der Waals surface area contributed by atoms with Gasteiger partial charge in [0.2, 0.25) is 0 Å². The Kier molecular flexibility index (Phi) is 5.04. The lowest BCUT2D eigenvalue weighted by Gasteiger charge is -2.18. The van der Waals surface area contributed by atoms with Crippen molar-refractivity contribution in [3.63, 3.8) is 0 Å². The summed E-state index contributed by atoms with van der Waals surface area (Å²) in [4.78, 5) is 24.5. The molecule has 0 aliphatic heterocycles. The van der Waals surface area contributed by atoms with Crippen molar-refractivity contribution >= 4 is 27.7 Å². The average Bonchev–Trinajstić information content (AvgIpc) is 3.30. The minimum Gasteiger partial charge on any atom is -0.349 e. The van der Waals surface area contributed by atoms with Gasteiger partial charge in [0.05, 0.1) is 4.90 Å². The van der Waals surface area contributed by atoms with Crippen molar-refractivity contribution in [2.24, 2.45) is 10.1 Å². The van der Waals surface area contributed by atoms with Gasteiger partial charge in [0, 0.05) is 5.69 Å². The highest BCUT2D eigenvalue weighted by molar-refractivity contribution is 7.92. The molecule has 2 aliphatic rings. The van der Waals surface area contributed by atoms with Crippen molar-refractivity contribution in [1.29, 1.82) is 0 Å². The smallest absolute Gasteiger partial charge is 0.348 e. The Labute approximate surface area is 170 Å². The van der Waals surface area contributed by atoms with Gasteiger partial charge in [0.15, 0.2) is 9.92 Å². The first-order valence-corrected chi connectivity index (χ1v) is 11.3. The largest absolute Gasteiger partial charge is 0.349 e. The molecule has 7 nitrogen and oxygen atoms in total. The van der Waals surface area contributed by atoms with Crippen LogP contribution in [0.1, 0.15) is 40.7 Å². The first-order valence-electron chi connectivity index (χ1n) is 9.74. The lowest BCUT2D eigenvalue weighted by molar-refractivity contribution is 0.256. The van der Waals surface area contributed by atoms with Gasteiger partial charge in [-0.15, -0.1) is 4.36 Å². The number of amides is 4. The predicted molar refractivity (Wildman–Crippen MR) is 112 cm³/mol. The number of anilines is 1. The lowest BCUT2D eigenvalue weighted by atomic mass is 9.99. The molecule has 4 rings (SSSR count). The van der Waals surface area contributed by atoms with Crippen LogP contribution in [0.5, 0.6) is 0 Å². The highest BCUT2D eigenvalue weighted by atomic mass is 32.2. The van der Waals surface area contributed by atoms with Gasteiger partial charge in [-0.05, 0) is 79.8 Å². The number of primary amides is 1. The van der Waals surface area contributed by atoms with Crippen molar-refractivity contribution in [3.8, 4) is 0 Å². The summed E-state index contributed by atoms with van der Waals surface area (Å²) in [5, 5.41) is 2.91. The third kappa shape index (κ3) is 3.85. The summed E-state index contributed by atoms with van der Waals surface area (Å²) in [5.74, 6) is 0. The number of carbonyl (C=O) groups excluding carboxylic acids is 2. The summed E-state index contributed by atoms with van der Waals surface area (Å²) in [7, 11) is -3.54. The van der Waals surface area contributed by atoms with Gasteiger partial charge >= 0.3 is 12.1 Å². The number of fused-ring (bicyclic) bond motifs is 2. The van der Waals surface area contributed by atoms with Crippen LogP contribution in [-0.2, 0) is 35.6 Å². The standard InChI is InChI=1S/C21H24N4O3S/c1-13-8-10-16(11-9-13)29(28,24-20(22)26)25-21(27)23-19-17-6-2-4-14(17)12-15-5-3-7-18(15)19/h8-12H,2-7H2,1H3,(H4,22,23,24,25,26,27,28). The Morgan fingerprint density at radius 1 is 1.00 bits per heavy atom. The van der Waals surface area contributed by atoms with Crippen molar-refractivity contribution in [1.82, 2.24) is 4.72 Å². The third-order valence-electron chi connectivity index (χ3n) is 5.50. The van der Waals surface area contributed by atoms with Gasteiger partial charge in [-0.3, -0.25) is 0 Å². The second-order valence-corrected chi connectivity index (χ2v) is 9.47. The normalized spacial score (nSPS) is 16.4. The van der Waals surface area contributed by atoms with Gasteiger partial charge < -0.3 is 11.1 Å². The maximum absolute atomic E-state index is 13.3. The van der Waals surface area contributed by atoms with Crippen LogP contribution in [-0.4, -0.2) is 16.3 Å². The van der Waals surface area contributed by atoms with E-state index in [1.54, 1.807) is 24.3 Å². The summed E-state index contributed by atoms with van der Waals surface area (Å²) in [5.41, 5.74) is 11.8. The Hall–Kier alpha value is -2.87. The maximum Gasteiger partial charge on any atom is 0.348 e. The summed E-state index contributed by atoms with van der Waals surface area (Å²) < 4.78 is 19.3. The number of urea groups is 2. The van der Waals surface area contributed by atoms with E-state index < -0.39 is 22.0 Å². The number of carbonyl (C=O) groups is 2. The van der Waals surface area contributed by atoms with Crippen molar-refractivity contribution in [2.75, 3.05) is 5.32 Å². The molecular weight excluding hydrogens is 388 g/mol. The SMILES string of the molecule is Cc1ccc(S(=O)(=NC(N)=O)NC(=O)Nc2c3c(cc4c2CCC4)CCC3)cc1. The minimum absolute atomic E-state index is 0.223. The zero-order chi connectivity index (χ0) is 20.6. The molecule has 29 heavy (non-hydrogen) atoms. The van der Waals surface area contributed by atoms with E-state index in [-0.39, 0.29) is 4.90 Å². The maximum atomic E-state index is 13.3. The highest BCUT2D eigenvalue weighted by Gasteiger charge is 2.26. The molecule has 0 bridgehead atoms. The first kappa shape index (κ1) is 19.4. The molecule has 2 aliphatic carbocycles. The molecule has 1 unspecified atom stereocenters. The molecule has 0 fully saturated rings. The topological polar surface area (TPSA) is 114 Å². The zero-order valence-electron chi connectivity index (χ0n) is 16.3. The van der Waals surface area contributed by atoms with Crippen LogP contribution in [0.15, 0.2) is 39.6 Å². The van der Waals surface area contributed by atoms with Gasteiger partial charge in [-0.1, -0.05) is 23.8 Å². The molecule has 0 radical (unpaired) electrons. The molecule has 152 valence electrons. The Bertz CT molecular complexity index is 1080. The summed E-state index contributed by atoms with van der Waals surface area (Å²) >= 11 is 0. The highest BCUT2D eigenvalue weighted by Crippen LogP contribution is 2.38. The van der Waals surface area contributed by atoms with E-state index in [1.165, 1.54) is 11.1 Å². The van der Waals surface area contributed by atoms with E-state index >= 15 is 0 Å². The number of nitrogens with one attached hydrogen (secondary N) is 2. The number of benzene rings is 2. The van der Waals surface area contributed by atoms with E-state index in [0.717, 1.165) is 60.9 Å². The molecule has 2 aromatic carbocycles. The number of aryl methyl sites for hydroxylation is 3. The first-order chi connectivity index (χ1) is 13.9. The van der Waals surface area contributed by atoms with Crippen LogP contribution in [0.4, 0.5) is 15.3 Å². The number of hydrogen-bond acceptors (Lipinski definition) is 3. The van der Waals surface area contributed by atoms with Crippen LogP contribution in [0.2, 0.25) is 0 Å². The fourth-order valence-corrected chi connectivity index (χ4v) is 5.55. The van der Waals surface area contributed by atoms with E-state index in [4.69, 9.17) is 5.73 Å². The second-order valence-electron chi connectivity index (χ2n) is 7.56. The van der Waals surface area contributed by atoms with Gasteiger partial charge in [-0.2, -0.15) is 0 Å². The molecule has 4 N–H and O–H groups in total. The summed E-state index contributed by atoms with van der Waals surface area (Å²) in [6.45, 7) is 1.88. The van der Waals surface area contributed by atoms with Crippen molar-refractivity contribution in [3.05, 3.63) is 58.1 Å². The molecule has 0 heterocycles. The van der Waals surface area contributed by atoms with Crippen LogP contribution in [0.25, 0.3) is 0 Å². The van der Waals surface area contributed by atoms with Crippen molar-refractivity contribution < 1.29 is 13.8 Å². The molecule has 1 atom stereocenters. The second kappa shape index (κ2) is 7.51. The fraction of sp³-hybridized carbons (Fsp3) is 0.333. The number of hydrogen-bond donors (Lipinski definition) is 3. The van der Waals surface area contributed by atoms with Gasteiger partial charge in [-0.25, -0.2) is 18.5 Å². The van der Waals surface area contributed by atoms with E-state index in [0.29, 0.717) is 0 Å². The van der Waals surface area contributed by atoms with E-state index in [9.17, 15) is 13.8 Å². The Morgan fingerprint density at radius 3 is 2.14 bits per heavy atom. The van der Waals surface area contributed by atoms with Gasteiger partial charge in [0.1, 0.15) is 0 Å². The molecular formula is C21H24N4O3S. The molecule has 0 saturated carbocycles. The van der Waals surface area contributed by atoms with Crippen LogP contribution in [0, 0.1) is 6.92 Å². The lowest BCUT2D eigenvalue weighted by Crippen LogP contribution is -2.35. The fourth-order valence-electron chi connectivity index (χ4n) is 4.22. The average molecular weight is 413 g/mol. The van der Waals surface area contributed by atoms with Crippen LogP contribution < -0.4 is 15.8 Å². The molecule has 0 spiro atoms. The molecule has 2 aromatic rings. The third-order valence-corrected chi connectivity index (χ3v) is 7.31. The number of rotatable bonds is 3. The van der Waals surface area contributed by atoms with Gasteiger partial charge in [0.25, 0.3) is 0 Å². The summed E-state index contributed by atoms with van der Waals surface area (Å²) in [6, 6.07) is 7.13. The number of nitrogens with zero attached hydrogens (tertiary/aromatic N) is 1. The van der Waals surface area contributed by atoms with Crippen LogP contribution >= 0.6 is 0 Å². The molecule has 8 heteroatoms. The Morgan fingerprint density at radius 2 is 1.59 bits per heavy atom. The minimum atomic E-state index is -3.54. The van der Waals surface area contributed by atoms with E-state index in [1.807, 2.05) is 6.92 Å². The zero-order valence-corrected chi connectivity index (χ0v) is 17.1. The predicted octanol–water partition coefficient (Wildman–Crippen LogP) is 3.61. The van der Waals surface area contributed by atoms with E-state index in [2.05, 4.69) is 20.5 Å². The van der Waals surface area contributed by atoms with Crippen LogP contribution in [0.3, 0.4) is 0 Å². The quantitative estimate of drug-likeness (QED) is 0.715. The Balaban J connectivity index is 1.66.